The fraction of sp³-hybridized carbons (Fsp3) is 0.714. The van der Waals surface area contributed by atoms with Crippen LogP contribution in [0.1, 0.15) is 33.6 Å². The molecule has 0 saturated heterocycles. The fourth-order valence-electron chi connectivity index (χ4n) is 2.90. The van der Waals surface area contributed by atoms with Crippen molar-refractivity contribution >= 4 is 16.9 Å². The Kier molecular flexibility index (Phi) is 12.0. The molecule has 1 aromatic carbocycles. The predicted octanol–water partition coefficient (Wildman–Crippen LogP) is 5.61. The number of ether oxygens (including phenoxy) is 2. The van der Waals surface area contributed by atoms with Gasteiger partial charge in [0.2, 0.25) is 0 Å². The molecular weight excluding hydrogens is 388 g/mol. The van der Waals surface area contributed by atoms with Gasteiger partial charge in [-0.25, -0.2) is 0 Å². The van der Waals surface area contributed by atoms with Gasteiger partial charge in [-0.1, -0.05) is 25.7 Å². The number of benzene rings is 1. The van der Waals surface area contributed by atoms with Crippen LogP contribution in [0.4, 0.5) is 0 Å². The van der Waals surface area contributed by atoms with Crippen molar-refractivity contribution < 1.29 is 22.8 Å². The van der Waals surface area contributed by atoms with Crippen molar-refractivity contribution in [1.29, 1.82) is 0 Å². The molecule has 0 aromatic heterocycles. The van der Waals surface area contributed by atoms with Gasteiger partial charge >= 0.3 is 8.80 Å². The van der Waals surface area contributed by atoms with Crippen molar-refractivity contribution in [3.63, 3.8) is 0 Å². The normalized spacial score (nSPS) is 12.2. The van der Waals surface area contributed by atoms with Gasteiger partial charge in [-0.05, 0) is 57.9 Å². The maximum absolute atomic E-state index is 5.87. The van der Waals surface area contributed by atoms with Crippen LogP contribution in [0.5, 0.6) is 11.5 Å². The van der Waals surface area contributed by atoms with E-state index < -0.39 is 16.9 Å². The zero-order valence-corrected chi connectivity index (χ0v) is 20.7. The lowest BCUT2D eigenvalue weighted by Gasteiger charge is -2.28. The molecule has 0 spiro atoms. The Bertz CT molecular complexity index is 500. The van der Waals surface area contributed by atoms with Crippen LogP contribution in [0.25, 0.3) is 0 Å². The molecule has 0 saturated carbocycles. The van der Waals surface area contributed by atoms with Gasteiger partial charge in [-0.15, -0.1) is 0 Å². The van der Waals surface area contributed by atoms with Gasteiger partial charge in [0.15, 0.2) is 0 Å². The standard InChI is InChI=1S/C21H40O5Si2/c1-7-24-28(25-8-2,26-9-3)19-11-17-23-21-14-12-20(13-15-21)22-16-10-18-27(4,5)6/h12-15H,7-11,16-19H2,1-6H3. The predicted molar refractivity (Wildman–Crippen MR) is 120 cm³/mol. The monoisotopic (exact) mass is 428 g/mol. The third-order valence-electron chi connectivity index (χ3n) is 4.15. The number of hydrogen-bond donors (Lipinski definition) is 0. The summed E-state index contributed by atoms with van der Waals surface area (Å²) in [6.07, 6.45) is 1.96. The molecule has 1 aromatic rings. The van der Waals surface area contributed by atoms with E-state index in [4.69, 9.17) is 22.8 Å². The summed E-state index contributed by atoms with van der Waals surface area (Å²) in [7, 11) is -3.55. The SMILES string of the molecule is CCO[Si](CCCOc1ccc(OCCC[Si](C)(C)C)cc1)(OCC)OCC. The quantitative estimate of drug-likeness (QED) is 0.253. The van der Waals surface area contributed by atoms with Gasteiger partial charge in [0, 0.05) is 33.9 Å². The van der Waals surface area contributed by atoms with Crippen molar-refractivity contribution in [3.8, 4) is 11.5 Å². The Morgan fingerprint density at radius 2 is 1.04 bits per heavy atom. The Balaban J connectivity index is 2.36. The molecule has 1 rings (SSSR count). The zero-order chi connectivity index (χ0) is 20.9. The summed E-state index contributed by atoms with van der Waals surface area (Å²) in [6.45, 7) is 16.3. The first-order valence-corrected chi connectivity index (χ1v) is 16.3. The molecular formula is C21H40O5Si2. The summed E-state index contributed by atoms with van der Waals surface area (Å²) >= 11 is 0. The molecule has 0 aliphatic rings. The highest BCUT2D eigenvalue weighted by atomic mass is 28.4. The molecule has 28 heavy (non-hydrogen) atoms. The minimum absolute atomic E-state index is 0.604. The molecule has 5 nitrogen and oxygen atoms in total. The highest BCUT2D eigenvalue weighted by Gasteiger charge is 2.39. The molecule has 0 heterocycles. The molecule has 0 fully saturated rings. The summed E-state index contributed by atoms with van der Waals surface area (Å²) in [4.78, 5) is 0. The summed E-state index contributed by atoms with van der Waals surface area (Å²) in [5.74, 6) is 1.75. The third-order valence-corrected chi connectivity index (χ3v) is 9.16. The first kappa shape index (κ1) is 25.2. The van der Waals surface area contributed by atoms with E-state index in [1.54, 1.807) is 0 Å². The van der Waals surface area contributed by atoms with E-state index in [0.717, 1.165) is 37.0 Å². The second-order valence-electron chi connectivity index (χ2n) is 7.92. The van der Waals surface area contributed by atoms with Crippen LogP contribution < -0.4 is 9.47 Å². The van der Waals surface area contributed by atoms with Crippen LogP contribution in [0.2, 0.25) is 31.7 Å². The molecule has 0 N–H and O–H groups in total. The summed E-state index contributed by atoms with van der Waals surface area (Å²) < 4.78 is 29.3. The minimum atomic E-state index is -2.57. The Morgan fingerprint density at radius 1 is 0.643 bits per heavy atom. The van der Waals surface area contributed by atoms with E-state index in [0.29, 0.717) is 26.4 Å². The molecule has 0 radical (unpaired) electrons. The average molecular weight is 429 g/mol. The van der Waals surface area contributed by atoms with Crippen molar-refractivity contribution in [3.05, 3.63) is 24.3 Å². The smallest absolute Gasteiger partial charge is 0.494 e. The van der Waals surface area contributed by atoms with E-state index in [1.807, 2.05) is 45.0 Å². The average Bonchev–Trinajstić information content (AvgIpc) is 2.63. The van der Waals surface area contributed by atoms with Gasteiger partial charge < -0.3 is 22.8 Å². The lowest BCUT2D eigenvalue weighted by molar-refractivity contribution is 0.0696. The Labute approximate surface area is 174 Å². The minimum Gasteiger partial charge on any atom is -0.494 e. The van der Waals surface area contributed by atoms with Crippen LogP contribution in [0.3, 0.4) is 0 Å². The molecule has 0 atom stereocenters. The Morgan fingerprint density at radius 3 is 1.39 bits per heavy atom. The van der Waals surface area contributed by atoms with Crippen LogP contribution in [-0.4, -0.2) is 49.9 Å². The van der Waals surface area contributed by atoms with Crippen LogP contribution in [0.15, 0.2) is 24.3 Å². The van der Waals surface area contributed by atoms with E-state index in [-0.39, 0.29) is 0 Å². The van der Waals surface area contributed by atoms with Crippen molar-refractivity contribution in [2.75, 3.05) is 33.0 Å². The zero-order valence-electron chi connectivity index (χ0n) is 18.7. The molecule has 0 aliphatic heterocycles. The molecule has 0 unspecified atom stereocenters. The van der Waals surface area contributed by atoms with Gasteiger partial charge in [-0.3, -0.25) is 0 Å². The molecule has 7 heteroatoms. The molecule has 162 valence electrons. The maximum atomic E-state index is 5.87. The number of hydrogen-bond acceptors (Lipinski definition) is 5. The van der Waals surface area contributed by atoms with Crippen molar-refractivity contribution in [2.24, 2.45) is 0 Å². The third kappa shape index (κ3) is 10.6. The molecule has 0 bridgehead atoms. The molecule has 0 aliphatic carbocycles. The second-order valence-corrected chi connectivity index (χ2v) is 16.3. The highest BCUT2D eigenvalue weighted by Crippen LogP contribution is 2.21. The van der Waals surface area contributed by atoms with Crippen molar-refractivity contribution in [1.82, 2.24) is 0 Å². The van der Waals surface area contributed by atoms with E-state index in [2.05, 4.69) is 19.6 Å². The van der Waals surface area contributed by atoms with Crippen LogP contribution in [-0.2, 0) is 13.3 Å². The largest absolute Gasteiger partial charge is 0.501 e. The fourth-order valence-corrected chi connectivity index (χ4v) is 6.69. The van der Waals surface area contributed by atoms with E-state index in [9.17, 15) is 0 Å². The van der Waals surface area contributed by atoms with Gasteiger partial charge in [0.25, 0.3) is 0 Å². The first-order valence-electron chi connectivity index (χ1n) is 10.6. The molecule has 0 amide bonds. The van der Waals surface area contributed by atoms with Gasteiger partial charge in [0.05, 0.1) is 13.2 Å². The maximum Gasteiger partial charge on any atom is 0.501 e. The lowest BCUT2D eigenvalue weighted by atomic mass is 10.3. The summed E-state index contributed by atoms with van der Waals surface area (Å²) in [5.41, 5.74) is 0. The van der Waals surface area contributed by atoms with E-state index in [1.165, 1.54) is 6.04 Å². The lowest BCUT2D eigenvalue weighted by Crippen LogP contribution is -2.46. The highest BCUT2D eigenvalue weighted by molar-refractivity contribution is 6.76. The first-order chi connectivity index (χ1) is 13.3. The van der Waals surface area contributed by atoms with Crippen LogP contribution in [0, 0.1) is 0 Å². The van der Waals surface area contributed by atoms with Crippen molar-refractivity contribution in [2.45, 2.75) is 65.3 Å². The summed E-state index contributed by atoms with van der Waals surface area (Å²) in [5, 5.41) is 0. The number of rotatable bonds is 16. The second kappa shape index (κ2) is 13.4. The van der Waals surface area contributed by atoms with Crippen LogP contribution >= 0.6 is 0 Å². The van der Waals surface area contributed by atoms with Gasteiger partial charge in [0.1, 0.15) is 11.5 Å². The summed E-state index contributed by atoms with van der Waals surface area (Å²) in [6, 6.07) is 9.94. The topological polar surface area (TPSA) is 46.2 Å². The van der Waals surface area contributed by atoms with Gasteiger partial charge in [-0.2, -0.15) is 0 Å². The van der Waals surface area contributed by atoms with E-state index >= 15 is 0 Å². The Hall–Kier alpha value is -0.866.